The number of primary amides is 1. The number of amides is 1. The highest BCUT2D eigenvalue weighted by molar-refractivity contribution is 9.08. The van der Waals surface area contributed by atoms with Gasteiger partial charge in [-0.2, -0.15) is 0 Å². The second-order valence-corrected chi connectivity index (χ2v) is 3.69. The smallest absolute Gasteiger partial charge is 0.249 e. The highest BCUT2D eigenvalue weighted by atomic mass is 79.9. The van der Waals surface area contributed by atoms with Crippen molar-refractivity contribution in [3.63, 3.8) is 0 Å². The molecule has 0 aromatic heterocycles. The molecule has 0 spiro atoms. The molecule has 4 N–H and O–H groups in total. The third-order valence-corrected chi connectivity index (χ3v) is 2.71. The molecule has 1 amide bonds. The van der Waals surface area contributed by atoms with Gasteiger partial charge in [0.15, 0.2) is 6.10 Å². The van der Waals surface area contributed by atoms with Gasteiger partial charge in [0.25, 0.3) is 0 Å². The van der Waals surface area contributed by atoms with E-state index in [2.05, 4.69) is 15.9 Å². The van der Waals surface area contributed by atoms with Crippen LogP contribution in [0, 0.1) is 0 Å². The van der Waals surface area contributed by atoms with Crippen molar-refractivity contribution in [1.29, 1.82) is 0 Å². The maximum Gasteiger partial charge on any atom is 0.249 e. The molecule has 2 atom stereocenters. The fourth-order valence-corrected chi connectivity index (χ4v) is 1.78. The first-order valence-corrected chi connectivity index (χ1v) is 5.49. The molecule has 1 aromatic carbocycles. The van der Waals surface area contributed by atoms with Crippen LogP contribution in [0.1, 0.15) is 17.2 Å². The van der Waals surface area contributed by atoms with Gasteiger partial charge < -0.3 is 15.9 Å². The van der Waals surface area contributed by atoms with Crippen LogP contribution in [0.5, 0.6) is 0 Å². The SMILES string of the molecule is NC(=O)C(O)C(O)c1ccccc1CBr. The largest absolute Gasteiger partial charge is 0.385 e. The Morgan fingerprint density at radius 1 is 1.40 bits per heavy atom. The number of carbonyl (C=O) groups excluding carboxylic acids is 1. The predicted molar refractivity (Wildman–Crippen MR) is 59.2 cm³/mol. The highest BCUT2D eigenvalue weighted by Gasteiger charge is 2.24. The number of alkyl halides is 1. The average molecular weight is 274 g/mol. The lowest BCUT2D eigenvalue weighted by molar-refractivity contribution is -0.132. The van der Waals surface area contributed by atoms with Gasteiger partial charge in [-0.15, -0.1) is 0 Å². The molecular weight excluding hydrogens is 262 g/mol. The topological polar surface area (TPSA) is 83.6 Å². The summed E-state index contributed by atoms with van der Waals surface area (Å²) in [4.78, 5) is 10.7. The summed E-state index contributed by atoms with van der Waals surface area (Å²) in [5.74, 6) is -0.938. The Bertz CT molecular complexity index is 356. The van der Waals surface area contributed by atoms with E-state index in [-0.39, 0.29) is 0 Å². The standard InChI is InChI=1S/C10H12BrNO3/c11-5-6-3-1-2-4-7(6)8(13)9(14)10(12)15/h1-4,8-9,13-14H,5H2,(H2,12,15). The van der Waals surface area contributed by atoms with Crippen molar-refractivity contribution in [2.24, 2.45) is 5.73 Å². The lowest BCUT2D eigenvalue weighted by Gasteiger charge is -2.17. The Kier molecular flexibility index (Phi) is 4.26. The van der Waals surface area contributed by atoms with Gasteiger partial charge in [0.1, 0.15) is 6.10 Å². The fourth-order valence-electron chi connectivity index (χ4n) is 1.27. The first-order valence-electron chi connectivity index (χ1n) is 4.37. The van der Waals surface area contributed by atoms with Gasteiger partial charge in [-0.05, 0) is 11.1 Å². The van der Waals surface area contributed by atoms with Crippen molar-refractivity contribution in [2.75, 3.05) is 0 Å². The van der Waals surface area contributed by atoms with Gasteiger partial charge >= 0.3 is 0 Å². The van der Waals surface area contributed by atoms with Crippen molar-refractivity contribution in [2.45, 2.75) is 17.5 Å². The first-order chi connectivity index (χ1) is 7.07. The summed E-state index contributed by atoms with van der Waals surface area (Å²) >= 11 is 3.25. The zero-order valence-corrected chi connectivity index (χ0v) is 9.52. The van der Waals surface area contributed by atoms with E-state index in [0.717, 1.165) is 5.56 Å². The number of hydrogen-bond donors (Lipinski definition) is 3. The van der Waals surface area contributed by atoms with Crippen LogP contribution in [0.25, 0.3) is 0 Å². The molecule has 2 unspecified atom stereocenters. The van der Waals surface area contributed by atoms with E-state index in [4.69, 9.17) is 5.73 Å². The normalized spacial score (nSPS) is 14.6. The molecule has 5 heteroatoms. The van der Waals surface area contributed by atoms with Gasteiger partial charge in [-0.25, -0.2) is 0 Å². The van der Waals surface area contributed by atoms with Crippen molar-refractivity contribution >= 4 is 21.8 Å². The third-order valence-electron chi connectivity index (χ3n) is 2.11. The molecule has 0 saturated carbocycles. The van der Waals surface area contributed by atoms with E-state index in [1.54, 1.807) is 18.2 Å². The summed E-state index contributed by atoms with van der Waals surface area (Å²) in [6.07, 6.45) is -2.86. The van der Waals surface area contributed by atoms with Crippen LogP contribution in [0.2, 0.25) is 0 Å². The number of nitrogens with two attached hydrogens (primary N) is 1. The molecule has 15 heavy (non-hydrogen) atoms. The zero-order chi connectivity index (χ0) is 11.4. The average Bonchev–Trinajstić information content (AvgIpc) is 2.26. The minimum atomic E-state index is -1.58. The van der Waals surface area contributed by atoms with Crippen LogP contribution < -0.4 is 5.73 Å². The zero-order valence-electron chi connectivity index (χ0n) is 7.93. The van der Waals surface area contributed by atoms with Crippen LogP contribution >= 0.6 is 15.9 Å². The lowest BCUT2D eigenvalue weighted by atomic mass is 9.99. The van der Waals surface area contributed by atoms with E-state index >= 15 is 0 Å². The van der Waals surface area contributed by atoms with E-state index in [9.17, 15) is 15.0 Å². The molecule has 0 fully saturated rings. The van der Waals surface area contributed by atoms with Gasteiger partial charge in [-0.3, -0.25) is 4.79 Å². The van der Waals surface area contributed by atoms with Gasteiger partial charge in [0.2, 0.25) is 5.91 Å². The van der Waals surface area contributed by atoms with Crippen LogP contribution in [0.4, 0.5) is 0 Å². The van der Waals surface area contributed by atoms with Crippen molar-refractivity contribution in [3.8, 4) is 0 Å². The number of halogens is 1. The van der Waals surface area contributed by atoms with Gasteiger partial charge in [0, 0.05) is 5.33 Å². The Hall–Kier alpha value is -0.910. The Labute approximate surface area is 95.8 Å². The molecule has 0 aliphatic rings. The maximum absolute atomic E-state index is 10.7. The number of aliphatic hydroxyl groups is 2. The summed E-state index contributed by atoms with van der Waals surface area (Å²) in [7, 11) is 0. The Morgan fingerprint density at radius 2 is 2.00 bits per heavy atom. The van der Waals surface area contributed by atoms with E-state index in [1.807, 2.05) is 6.07 Å². The molecule has 0 aliphatic carbocycles. The summed E-state index contributed by atoms with van der Waals surface area (Å²) < 4.78 is 0. The van der Waals surface area contributed by atoms with E-state index in [0.29, 0.717) is 10.9 Å². The summed E-state index contributed by atoms with van der Waals surface area (Å²) in [6, 6.07) is 6.97. The molecule has 4 nitrogen and oxygen atoms in total. The van der Waals surface area contributed by atoms with Crippen LogP contribution in [0.15, 0.2) is 24.3 Å². The summed E-state index contributed by atoms with van der Waals surface area (Å²) in [6.45, 7) is 0. The maximum atomic E-state index is 10.7. The molecule has 0 aliphatic heterocycles. The van der Waals surface area contributed by atoms with Gasteiger partial charge in [0.05, 0.1) is 0 Å². The minimum absolute atomic E-state index is 0.501. The van der Waals surface area contributed by atoms with E-state index in [1.165, 1.54) is 0 Å². The second kappa shape index (κ2) is 5.25. The number of carbonyl (C=O) groups is 1. The van der Waals surface area contributed by atoms with Crippen molar-refractivity contribution in [1.82, 2.24) is 0 Å². The Balaban J connectivity index is 2.99. The molecule has 0 bridgehead atoms. The van der Waals surface area contributed by atoms with Crippen LogP contribution in [-0.2, 0) is 10.1 Å². The van der Waals surface area contributed by atoms with Crippen molar-refractivity contribution in [3.05, 3.63) is 35.4 Å². The lowest BCUT2D eigenvalue weighted by Crippen LogP contribution is -2.34. The molecule has 82 valence electrons. The number of hydrogen-bond acceptors (Lipinski definition) is 3. The van der Waals surface area contributed by atoms with Gasteiger partial charge in [-0.1, -0.05) is 40.2 Å². The molecule has 1 rings (SSSR count). The monoisotopic (exact) mass is 273 g/mol. The first kappa shape index (κ1) is 12.2. The molecular formula is C10H12BrNO3. The fraction of sp³-hybridized carbons (Fsp3) is 0.300. The second-order valence-electron chi connectivity index (χ2n) is 3.12. The summed E-state index contributed by atoms with van der Waals surface area (Å²) in [5.41, 5.74) is 6.22. The van der Waals surface area contributed by atoms with E-state index < -0.39 is 18.1 Å². The molecule has 0 radical (unpaired) electrons. The van der Waals surface area contributed by atoms with Crippen LogP contribution in [-0.4, -0.2) is 22.2 Å². The Morgan fingerprint density at radius 3 is 2.53 bits per heavy atom. The third kappa shape index (κ3) is 2.77. The van der Waals surface area contributed by atoms with Crippen LogP contribution in [0.3, 0.4) is 0 Å². The molecule has 1 aromatic rings. The predicted octanol–water partition coefficient (Wildman–Crippen LogP) is 0.461. The highest BCUT2D eigenvalue weighted by Crippen LogP contribution is 2.22. The summed E-state index contributed by atoms with van der Waals surface area (Å²) in [5, 5.41) is 19.6. The number of rotatable bonds is 4. The molecule has 0 saturated heterocycles. The quantitative estimate of drug-likeness (QED) is 0.697. The molecule has 0 heterocycles. The minimum Gasteiger partial charge on any atom is -0.385 e. The number of aliphatic hydroxyl groups excluding tert-OH is 2. The number of benzene rings is 1. The van der Waals surface area contributed by atoms with Crippen molar-refractivity contribution < 1.29 is 15.0 Å².